The van der Waals surface area contributed by atoms with E-state index in [9.17, 15) is 0 Å². The number of ether oxygens (including phenoxy) is 1. The van der Waals surface area contributed by atoms with Gasteiger partial charge in [-0.25, -0.2) is 0 Å². The van der Waals surface area contributed by atoms with Crippen LogP contribution in [0, 0.1) is 0 Å². The number of hydrogen-bond donors (Lipinski definition) is 0. The van der Waals surface area contributed by atoms with Crippen molar-refractivity contribution in [1.29, 1.82) is 0 Å². The van der Waals surface area contributed by atoms with E-state index in [-0.39, 0.29) is 0 Å². The summed E-state index contributed by atoms with van der Waals surface area (Å²) < 4.78 is 5.75. The van der Waals surface area contributed by atoms with Crippen molar-refractivity contribution in [2.24, 2.45) is 0 Å². The molecule has 0 bridgehead atoms. The standard InChI is InChI=1S/C12H22O/c1-5-9-11(7-3)13-12(8-4)10-6-2/h9-10H,5-8H2,1-4H3. The normalized spacial score (nSPS) is 13.2. The Morgan fingerprint density at radius 3 is 1.46 bits per heavy atom. The number of hydrogen-bond acceptors (Lipinski definition) is 1. The van der Waals surface area contributed by atoms with Crippen molar-refractivity contribution in [1.82, 2.24) is 0 Å². The minimum Gasteiger partial charge on any atom is -0.467 e. The maximum Gasteiger partial charge on any atom is 0.0993 e. The molecule has 0 aromatic rings. The molecule has 1 nitrogen and oxygen atoms in total. The van der Waals surface area contributed by atoms with Crippen LogP contribution in [0.5, 0.6) is 0 Å². The van der Waals surface area contributed by atoms with Crippen LogP contribution in [0.3, 0.4) is 0 Å². The Morgan fingerprint density at radius 1 is 0.846 bits per heavy atom. The monoisotopic (exact) mass is 182 g/mol. The zero-order valence-electron chi connectivity index (χ0n) is 9.39. The third-order valence-corrected chi connectivity index (χ3v) is 1.82. The van der Waals surface area contributed by atoms with Gasteiger partial charge in [0.1, 0.15) is 0 Å². The topological polar surface area (TPSA) is 9.23 Å². The van der Waals surface area contributed by atoms with Crippen molar-refractivity contribution in [3.8, 4) is 0 Å². The molecule has 0 saturated heterocycles. The molecule has 0 spiro atoms. The fourth-order valence-electron chi connectivity index (χ4n) is 1.14. The van der Waals surface area contributed by atoms with Crippen molar-refractivity contribution in [2.75, 3.05) is 0 Å². The second-order valence-corrected chi connectivity index (χ2v) is 2.97. The van der Waals surface area contributed by atoms with E-state index in [1.807, 2.05) is 0 Å². The van der Waals surface area contributed by atoms with Gasteiger partial charge in [0.25, 0.3) is 0 Å². The summed E-state index contributed by atoms with van der Waals surface area (Å²) in [5.74, 6) is 2.20. The summed E-state index contributed by atoms with van der Waals surface area (Å²) in [4.78, 5) is 0. The molecular weight excluding hydrogens is 160 g/mol. The van der Waals surface area contributed by atoms with E-state index in [2.05, 4.69) is 39.8 Å². The average molecular weight is 182 g/mol. The van der Waals surface area contributed by atoms with Crippen molar-refractivity contribution < 1.29 is 4.74 Å². The molecule has 1 heteroatoms. The Hall–Kier alpha value is -0.720. The second kappa shape index (κ2) is 7.90. The number of allylic oxidation sites excluding steroid dienone is 4. The van der Waals surface area contributed by atoms with Gasteiger partial charge in [0.15, 0.2) is 0 Å². The van der Waals surface area contributed by atoms with Crippen molar-refractivity contribution >= 4 is 0 Å². The zero-order valence-corrected chi connectivity index (χ0v) is 9.39. The van der Waals surface area contributed by atoms with Gasteiger partial charge in [-0.05, 0) is 25.0 Å². The first-order chi connectivity index (χ1) is 6.28. The minimum atomic E-state index is 0.981. The van der Waals surface area contributed by atoms with Crippen LogP contribution in [-0.2, 0) is 4.74 Å². The van der Waals surface area contributed by atoms with Crippen LogP contribution in [0.1, 0.15) is 53.4 Å². The van der Waals surface area contributed by atoms with Gasteiger partial charge in [0.05, 0.1) is 11.5 Å². The second-order valence-electron chi connectivity index (χ2n) is 2.97. The van der Waals surface area contributed by atoms with Gasteiger partial charge in [-0.3, -0.25) is 0 Å². The van der Waals surface area contributed by atoms with Gasteiger partial charge in [-0.2, -0.15) is 0 Å². The summed E-state index contributed by atoms with van der Waals surface area (Å²) in [6, 6.07) is 0. The molecule has 13 heavy (non-hydrogen) atoms. The van der Waals surface area contributed by atoms with E-state index in [0.717, 1.165) is 37.2 Å². The highest BCUT2D eigenvalue weighted by atomic mass is 16.5. The lowest BCUT2D eigenvalue weighted by atomic mass is 10.3. The molecule has 0 fully saturated rings. The lowest BCUT2D eigenvalue weighted by Gasteiger charge is -2.10. The molecule has 0 heterocycles. The highest BCUT2D eigenvalue weighted by molar-refractivity contribution is 5.00. The van der Waals surface area contributed by atoms with E-state index in [4.69, 9.17) is 4.74 Å². The highest BCUT2D eigenvalue weighted by Crippen LogP contribution is 2.13. The van der Waals surface area contributed by atoms with E-state index in [1.165, 1.54) is 0 Å². The van der Waals surface area contributed by atoms with E-state index in [1.54, 1.807) is 0 Å². The molecule has 0 radical (unpaired) electrons. The predicted molar refractivity (Wildman–Crippen MR) is 58.4 cm³/mol. The van der Waals surface area contributed by atoms with Gasteiger partial charge in [0.2, 0.25) is 0 Å². The molecule has 0 saturated carbocycles. The van der Waals surface area contributed by atoms with Gasteiger partial charge in [-0.1, -0.05) is 27.7 Å². The molecule has 0 atom stereocenters. The fourth-order valence-corrected chi connectivity index (χ4v) is 1.14. The SMILES string of the molecule is CCC=C(CC)OC(=CCC)CC. The Balaban J connectivity index is 4.19. The Labute approximate surface area is 82.5 Å². The molecule has 0 rings (SSSR count). The quantitative estimate of drug-likeness (QED) is 0.553. The van der Waals surface area contributed by atoms with Crippen LogP contribution in [-0.4, -0.2) is 0 Å². The Morgan fingerprint density at radius 2 is 1.23 bits per heavy atom. The molecule has 0 aliphatic heterocycles. The molecule has 0 aliphatic carbocycles. The highest BCUT2D eigenvalue weighted by Gasteiger charge is 1.98. The smallest absolute Gasteiger partial charge is 0.0993 e. The van der Waals surface area contributed by atoms with Gasteiger partial charge in [-0.15, -0.1) is 0 Å². The first kappa shape index (κ1) is 12.3. The maximum atomic E-state index is 5.75. The number of rotatable bonds is 6. The van der Waals surface area contributed by atoms with Crippen molar-refractivity contribution in [2.45, 2.75) is 53.4 Å². The largest absolute Gasteiger partial charge is 0.467 e. The molecule has 0 aromatic heterocycles. The molecule has 0 unspecified atom stereocenters. The minimum absolute atomic E-state index is 0.981. The summed E-state index contributed by atoms with van der Waals surface area (Å²) in [7, 11) is 0. The lowest BCUT2D eigenvalue weighted by Crippen LogP contribution is -1.91. The van der Waals surface area contributed by atoms with Gasteiger partial charge < -0.3 is 4.74 Å². The van der Waals surface area contributed by atoms with Gasteiger partial charge in [0, 0.05) is 12.8 Å². The molecular formula is C12H22O. The van der Waals surface area contributed by atoms with Crippen LogP contribution in [0.4, 0.5) is 0 Å². The van der Waals surface area contributed by atoms with Gasteiger partial charge >= 0.3 is 0 Å². The van der Waals surface area contributed by atoms with Crippen molar-refractivity contribution in [3.05, 3.63) is 23.7 Å². The summed E-state index contributed by atoms with van der Waals surface area (Å²) >= 11 is 0. The van der Waals surface area contributed by atoms with Crippen LogP contribution in [0.25, 0.3) is 0 Å². The van der Waals surface area contributed by atoms with E-state index in [0.29, 0.717) is 0 Å². The fraction of sp³-hybridized carbons (Fsp3) is 0.667. The van der Waals surface area contributed by atoms with Crippen LogP contribution < -0.4 is 0 Å². The average Bonchev–Trinajstić information content (AvgIpc) is 2.16. The summed E-state index contributed by atoms with van der Waals surface area (Å²) in [6.45, 7) is 8.52. The first-order valence-electron chi connectivity index (χ1n) is 5.34. The van der Waals surface area contributed by atoms with Crippen LogP contribution in [0.2, 0.25) is 0 Å². The Kier molecular flexibility index (Phi) is 7.47. The van der Waals surface area contributed by atoms with Crippen LogP contribution >= 0.6 is 0 Å². The molecule has 0 aliphatic rings. The third-order valence-electron chi connectivity index (χ3n) is 1.82. The predicted octanol–water partition coefficient (Wildman–Crippen LogP) is 4.41. The van der Waals surface area contributed by atoms with E-state index < -0.39 is 0 Å². The Bertz CT molecular complexity index is 158. The summed E-state index contributed by atoms with van der Waals surface area (Å²) in [5, 5.41) is 0. The van der Waals surface area contributed by atoms with Crippen LogP contribution in [0.15, 0.2) is 23.7 Å². The summed E-state index contributed by atoms with van der Waals surface area (Å²) in [6.07, 6.45) is 8.36. The molecule has 0 aromatic carbocycles. The summed E-state index contributed by atoms with van der Waals surface area (Å²) in [5.41, 5.74) is 0. The molecule has 0 N–H and O–H groups in total. The third kappa shape index (κ3) is 5.51. The molecule has 76 valence electrons. The lowest BCUT2D eigenvalue weighted by molar-refractivity contribution is 0.280. The van der Waals surface area contributed by atoms with E-state index >= 15 is 0 Å². The molecule has 0 amide bonds. The maximum absolute atomic E-state index is 5.75. The van der Waals surface area contributed by atoms with Crippen molar-refractivity contribution in [3.63, 3.8) is 0 Å². The first-order valence-corrected chi connectivity index (χ1v) is 5.34. The zero-order chi connectivity index (χ0) is 10.1.